The predicted molar refractivity (Wildman–Crippen MR) is 124 cm³/mol. The van der Waals surface area contributed by atoms with Crippen LogP contribution in [-0.4, -0.2) is 22.1 Å². The number of rotatable bonds is 9. The van der Waals surface area contributed by atoms with Crippen LogP contribution >= 0.6 is 0 Å². The quantitative estimate of drug-likeness (QED) is 0.407. The number of para-hydroxylation sites is 2. The molecule has 0 spiro atoms. The molecule has 2 aromatic carbocycles. The third-order valence-corrected chi connectivity index (χ3v) is 5.10. The number of fused-ring (bicyclic) bond motifs is 1. The van der Waals surface area contributed by atoms with Crippen molar-refractivity contribution in [3.05, 3.63) is 83.0 Å². The average Bonchev–Trinajstić information content (AvgIpc) is 3.18. The molecule has 0 fully saturated rings. The van der Waals surface area contributed by atoms with Crippen molar-refractivity contribution in [1.29, 1.82) is 0 Å². The Balaban J connectivity index is 1.44. The molecule has 1 N–H and O–H groups in total. The van der Waals surface area contributed by atoms with E-state index in [0.717, 1.165) is 12.2 Å². The predicted octanol–water partition coefficient (Wildman–Crippen LogP) is 4.45. The Labute approximate surface area is 190 Å². The fraction of sp³-hybridized carbons (Fsp3) is 0.240. The molecule has 0 radical (unpaired) electrons. The van der Waals surface area contributed by atoms with E-state index in [0.29, 0.717) is 34.9 Å². The monoisotopic (exact) mass is 447 g/mol. The smallest absolute Gasteiger partial charge is 0.420 e. The van der Waals surface area contributed by atoms with E-state index in [4.69, 9.17) is 13.9 Å². The van der Waals surface area contributed by atoms with Gasteiger partial charge in [0.1, 0.15) is 17.5 Å². The molecule has 0 bridgehead atoms. The van der Waals surface area contributed by atoms with Crippen molar-refractivity contribution >= 4 is 17.0 Å². The zero-order valence-electron chi connectivity index (χ0n) is 18.5. The number of nitrogens with zero attached hydrogens (tertiary/aromatic N) is 2. The lowest BCUT2D eigenvalue weighted by Crippen LogP contribution is -2.34. The molecule has 1 atom stereocenters. The van der Waals surface area contributed by atoms with Crippen LogP contribution in [0.2, 0.25) is 0 Å². The van der Waals surface area contributed by atoms with Crippen LogP contribution in [0.5, 0.6) is 17.4 Å². The first kappa shape index (κ1) is 22.1. The molecule has 2 heterocycles. The molecule has 0 saturated heterocycles. The second-order valence-corrected chi connectivity index (χ2v) is 7.49. The van der Waals surface area contributed by atoms with Gasteiger partial charge in [0.25, 0.3) is 0 Å². The number of carbonyl (C=O) groups excluding carboxylic acids is 1. The largest absolute Gasteiger partial charge is 0.494 e. The molecule has 0 saturated carbocycles. The summed E-state index contributed by atoms with van der Waals surface area (Å²) in [6, 6.07) is 17.1. The number of pyridine rings is 1. The molecule has 4 aromatic rings. The molecule has 33 heavy (non-hydrogen) atoms. The normalized spacial score (nSPS) is 11.8. The van der Waals surface area contributed by atoms with Gasteiger partial charge >= 0.3 is 5.76 Å². The lowest BCUT2D eigenvalue weighted by Gasteiger charge is -2.15. The van der Waals surface area contributed by atoms with Crippen molar-refractivity contribution in [2.24, 2.45) is 0 Å². The van der Waals surface area contributed by atoms with Crippen molar-refractivity contribution in [2.75, 3.05) is 6.61 Å². The van der Waals surface area contributed by atoms with Crippen molar-refractivity contribution < 1.29 is 18.7 Å². The number of hydrogen-bond acceptors (Lipinski definition) is 6. The van der Waals surface area contributed by atoms with Gasteiger partial charge in [-0.25, -0.2) is 9.78 Å². The maximum absolute atomic E-state index is 12.8. The number of oxazole rings is 1. The maximum atomic E-state index is 12.8. The summed E-state index contributed by atoms with van der Waals surface area (Å²) in [5, 5.41) is 2.86. The van der Waals surface area contributed by atoms with Crippen LogP contribution in [0.3, 0.4) is 0 Å². The van der Waals surface area contributed by atoms with Gasteiger partial charge in [-0.05, 0) is 55.8 Å². The fourth-order valence-corrected chi connectivity index (χ4v) is 3.38. The Kier molecular flexibility index (Phi) is 6.73. The number of hydrogen-bond donors (Lipinski definition) is 1. The number of nitrogens with one attached hydrogen (secondary N) is 1. The molecule has 4 rings (SSSR count). The Morgan fingerprint density at radius 3 is 2.64 bits per heavy atom. The minimum absolute atomic E-state index is 0.189. The van der Waals surface area contributed by atoms with E-state index in [2.05, 4.69) is 17.2 Å². The van der Waals surface area contributed by atoms with E-state index in [9.17, 15) is 9.59 Å². The summed E-state index contributed by atoms with van der Waals surface area (Å²) in [5.74, 6) is 0.869. The summed E-state index contributed by atoms with van der Waals surface area (Å²) < 4.78 is 18.1. The second kappa shape index (κ2) is 10.0. The maximum Gasteiger partial charge on any atom is 0.420 e. The first-order valence-corrected chi connectivity index (χ1v) is 10.8. The van der Waals surface area contributed by atoms with Crippen LogP contribution in [0.1, 0.15) is 31.9 Å². The third kappa shape index (κ3) is 5.06. The topological polar surface area (TPSA) is 95.6 Å². The van der Waals surface area contributed by atoms with E-state index in [1.807, 2.05) is 18.2 Å². The van der Waals surface area contributed by atoms with E-state index in [-0.39, 0.29) is 12.5 Å². The Morgan fingerprint density at radius 2 is 1.85 bits per heavy atom. The lowest BCUT2D eigenvalue weighted by molar-refractivity contribution is -0.124. The summed E-state index contributed by atoms with van der Waals surface area (Å²) in [6.45, 7) is 4.55. The summed E-state index contributed by atoms with van der Waals surface area (Å²) >= 11 is 0. The number of carbonyl (C=O) groups is 1. The first-order chi connectivity index (χ1) is 16.1. The molecule has 8 nitrogen and oxygen atoms in total. The SMILES string of the molecule is CCCOc1ccc(Oc2ncccc2CNC(=O)C(C)n2c(=O)oc3ccccc32)cc1. The highest BCUT2D eigenvalue weighted by Crippen LogP contribution is 2.25. The Hall–Kier alpha value is -4.07. The van der Waals surface area contributed by atoms with Crippen molar-refractivity contribution in [1.82, 2.24) is 14.9 Å². The van der Waals surface area contributed by atoms with Gasteiger partial charge in [-0.1, -0.05) is 25.1 Å². The highest BCUT2D eigenvalue weighted by Gasteiger charge is 2.21. The van der Waals surface area contributed by atoms with E-state index < -0.39 is 11.8 Å². The van der Waals surface area contributed by atoms with Crippen molar-refractivity contribution in [3.8, 4) is 17.4 Å². The van der Waals surface area contributed by atoms with Gasteiger partial charge in [0.2, 0.25) is 11.8 Å². The molecular formula is C25H25N3O5. The number of benzene rings is 2. The van der Waals surface area contributed by atoms with E-state index in [1.54, 1.807) is 55.6 Å². The lowest BCUT2D eigenvalue weighted by atomic mass is 10.2. The summed E-state index contributed by atoms with van der Waals surface area (Å²) in [5.41, 5.74) is 1.71. The minimum Gasteiger partial charge on any atom is -0.494 e. The van der Waals surface area contributed by atoms with E-state index in [1.165, 1.54) is 4.57 Å². The molecule has 8 heteroatoms. The molecule has 0 aliphatic heterocycles. The highest BCUT2D eigenvalue weighted by atomic mass is 16.5. The number of ether oxygens (including phenoxy) is 2. The van der Waals surface area contributed by atoms with Crippen molar-refractivity contribution in [2.45, 2.75) is 32.9 Å². The first-order valence-electron chi connectivity index (χ1n) is 10.8. The van der Waals surface area contributed by atoms with Crippen molar-refractivity contribution in [3.63, 3.8) is 0 Å². The van der Waals surface area contributed by atoms with Crippen LogP contribution in [-0.2, 0) is 11.3 Å². The number of aromatic nitrogens is 2. The van der Waals surface area contributed by atoms with Gasteiger partial charge in [-0.15, -0.1) is 0 Å². The summed E-state index contributed by atoms with van der Waals surface area (Å²) in [6.07, 6.45) is 2.56. The second-order valence-electron chi connectivity index (χ2n) is 7.49. The average molecular weight is 447 g/mol. The number of amides is 1. The minimum atomic E-state index is -0.752. The van der Waals surface area contributed by atoms with Crippen LogP contribution in [0, 0.1) is 0 Å². The zero-order chi connectivity index (χ0) is 23.2. The Morgan fingerprint density at radius 1 is 1.09 bits per heavy atom. The third-order valence-electron chi connectivity index (χ3n) is 5.10. The standard InChI is InChI=1S/C25H25N3O5/c1-3-15-31-19-10-12-20(13-11-19)32-24-18(7-6-14-26-24)16-27-23(29)17(2)28-21-8-4-5-9-22(21)33-25(28)30/h4-14,17H,3,15-16H2,1-2H3,(H,27,29). The molecule has 0 aliphatic carbocycles. The van der Waals surface area contributed by atoms with E-state index >= 15 is 0 Å². The Bertz CT molecular complexity index is 1290. The molecular weight excluding hydrogens is 422 g/mol. The van der Waals surface area contributed by atoms with Crippen LogP contribution in [0.25, 0.3) is 11.1 Å². The van der Waals surface area contributed by atoms with Crippen LogP contribution in [0.15, 0.2) is 76.1 Å². The summed E-state index contributed by atoms with van der Waals surface area (Å²) in [4.78, 5) is 29.4. The van der Waals surface area contributed by atoms with Gasteiger partial charge < -0.3 is 19.2 Å². The van der Waals surface area contributed by atoms with Gasteiger partial charge in [0.05, 0.1) is 12.1 Å². The summed E-state index contributed by atoms with van der Waals surface area (Å²) in [7, 11) is 0. The zero-order valence-corrected chi connectivity index (χ0v) is 18.5. The molecule has 2 aromatic heterocycles. The van der Waals surface area contributed by atoms with Gasteiger partial charge in [0, 0.05) is 18.3 Å². The van der Waals surface area contributed by atoms with Gasteiger partial charge in [-0.2, -0.15) is 0 Å². The fourth-order valence-electron chi connectivity index (χ4n) is 3.38. The molecule has 1 unspecified atom stereocenters. The molecule has 170 valence electrons. The highest BCUT2D eigenvalue weighted by molar-refractivity contribution is 5.82. The molecule has 1 amide bonds. The van der Waals surface area contributed by atoms with Gasteiger partial charge in [-0.3, -0.25) is 9.36 Å². The van der Waals surface area contributed by atoms with Crippen LogP contribution in [0.4, 0.5) is 0 Å². The molecule has 0 aliphatic rings. The van der Waals surface area contributed by atoms with Gasteiger partial charge in [0.15, 0.2) is 5.58 Å². The van der Waals surface area contributed by atoms with Crippen LogP contribution < -0.4 is 20.5 Å².